The zero-order valence-electron chi connectivity index (χ0n) is 11.7. The van der Waals surface area contributed by atoms with E-state index in [9.17, 15) is 14.0 Å². The smallest absolute Gasteiger partial charge is 0.345 e. The van der Waals surface area contributed by atoms with Crippen LogP contribution in [0.4, 0.5) is 4.39 Å². The molecule has 3 unspecified atom stereocenters. The standard InChI is InChI=1S/C12H14ClFN6O2/c1-19-12(22)20-5-15-9(10(20)17-18-19)11(21)16-7-4-2-3-6(13)8(7)14/h5-8H,2-4H2,1H3,(H,16,21). The summed E-state index contributed by atoms with van der Waals surface area (Å²) in [6.07, 6.45) is 1.72. The fourth-order valence-electron chi connectivity index (χ4n) is 2.53. The SMILES string of the molecule is Cn1nnc2c(C(=O)NC3CCCC(Cl)C3F)ncn2c1=O. The number of hydrogen-bond acceptors (Lipinski definition) is 5. The lowest BCUT2D eigenvalue weighted by Gasteiger charge is -2.30. The fourth-order valence-corrected chi connectivity index (χ4v) is 2.86. The van der Waals surface area contributed by atoms with Crippen molar-refractivity contribution in [3.8, 4) is 0 Å². The number of fused-ring (bicyclic) bond motifs is 1. The number of imidazole rings is 1. The molecule has 2 heterocycles. The second-order valence-corrected chi connectivity index (χ2v) is 5.81. The first-order valence-electron chi connectivity index (χ1n) is 6.85. The molecular weight excluding hydrogens is 315 g/mol. The van der Waals surface area contributed by atoms with Gasteiger partial charge >= 0.3 is 5.69 Å². The van der Waals surface area contributed by atoms with E-state index in [4.69, 9.17) is 11.6 Å². The van der Waals surface area contributed by atoms with Crippen LogP contribution in [0.15, 0.2) is 11.1 Å². The molecule has 1 aliphatic rings. The number of carbonyl (C=O) groups is 1. The first-order valence-corrected chi connectivity index (χ1v) is 7.28. The Kier molecular flexibility index (Phi) is 3.81. The van der Waals surface area contributed by atoms with Crippen LogP contribution in [0.25, 0.3) is 5.65 Å². The number of amides is 1. The van der Waals surface area contributed by atoms with E-state index >= 15 is 0 Å². The second kappa shape index (κ2) is 5.64. The highest BCUT2D eigenvalue weighted by Gasteiger charge is 2.34. The molecule has 2 aromatic heterocycles. The normalized spacial score (nSPS) is 25.3. The lowest BCUT2D eigenvalue weighted by molar-refractivity contribution is 0.0883. The third-order valence-electron chi connectivity index (χ3n) is 3.76. The summed E-state index contributed by atoms with van der Waals surface area (Å²) in [5, 5.41) is 9.37. The second-order valence-electron chi connectivity index (χ2n) is 5.25. The minimum absolute atomic E-state index is 0.0363. The monoisotopic (exact) mass is 328 g/mol. The number of nitrogens with zero attached hydrogens (tertiary/aromatic N) is 5. The van der Waals surface area contributed by atoms with Gasteiger partial charge in [-0.3, -0.25) is 4.79 Å². The summed E-state index contributed by atoms with van der Waals surface area (Å²) in [6, 6.07) is -0.667. The van der Waals surface area contributed by atoms with E-state index < -0.39 is 29.2 Å². The maximum atomic E-state index is 14.0. The van der Waals surface area contributed by atoms with Gasteiger partial charge in [-0.1, -0.05) is 5.21 Å². The Balaban J connectivity index is 1.87. The number of nitrogens with one attached hydrogen (secondary N) is 1. The first kappa shape index (κ1) is 14.9. The molecule has 0 aromatic carbocycles. The molecule has 3 atom stereocenters. The lowest BCUT2D eigenvalue weighted by atomic mass is 9.93. The third-order valence-corrected chi connectivity index (χ3v) is 4.21. The van der Waals surface area contributed by atoms with Gasteiger partial charge in [-0.05, 0) is 19.3 Å². The van der Waals surface area contributed by atoms with Crippen molar-refractivity contribution in [1.29, 1.82) is 0 Å². The molecule has 2 aromatic rings. The Morgan fingerprint density at radius 1 is 1.50 bits per heavy atom. The number of aromatic nitrogens is 5. The van der Waals surface area contributed by atoms with Gasteiger partial charge in [-0.15, -0.1) is 16.7 Å². The Labute approximate surface area is 129 Å². The van der Waals surface area contributed by atoms with E-state index in [1.54, 1.807) is 0 Å². The average Bonchev–Trinajstić information content (AvgIpc) is 2.92. The number of halogens is 2. The van der Waals surface area contributed by atoms with Crippen LogP contribution in [0.3, 0.4) is 0 Å². The fraction of sp³-hybridized carbons (Fsp3) is 0.583. The summed E-state index contributed by atoms with van der Waals surface area (Å²) < 4.78 is 16.2. The molecule has 0 aliphatic heterocycles. The third kappa shape index (κ3) is 2.45. The van der Waals surface area contributed by atoms with Crippen LogP contribution in [0.2, 0.25) is 0 Å². The van der Waals surface area contributed by atoms with E-state index in [-0.39, 0.29) is 11.3 Å². The zero-order valence-corrected chi connectivity index (χ0v) is 12.5. The van der Waals surface area contributed by atoms with Crippen LogP contribution in [0.5, 0.6) is 0 Å². The van der Waals surface area contributed by atoms with Gasteiger partial charge in [0, 0.05) is 7.05 Å². The van der Waals surface area contributed by atoms with Gasteiger partial charge < -0.3 is 5.32 Å². The van der Waals surface area contributed by atoms with E-state index in [0.717, 1.165) is 15.5 Å². The van der Waals surface area contributed by atoms with Crippen molar-refractivity contribution >= 4 is 23.2 Å². The van der Waals surface area contributed by atoms with Crippen LogP contribution in [-0.2, 0) is 7.05 Å². The molecule has 1 aliphatic carbocycles. The van der Waals surface area contributed by atoms with E-state index in [0.29, 0.717) is 12.8 Å². The number of rotatable bonds is 2. The van der Waals surface area contributed by atoms with Crippen molar-refractivity contribution in [1.82, 2.24) is 29.7 Å². The molecule has 8 nitrogen and oxygen atoms in total. The molecular formula is C12H14ClFN6O2. The van der Waals surface area contributed by atoms with Crippen molar-refractivity contribution in [2.24, 2.45) is 7.05 Å². The molecule has 1 amide bonds. The Morgan fingerprint density at radius 3 is 3.05 bits per heavy atom. The number of carbonyl (C=O) groups excluding carboxylic acids is 1. The van der Waals surface area contributed by atoms with Gasteiger partial charge in [0.25, 0.3) is 5.91 Å². The summed E-state index contributed by atoms with van der Waals surface area (Å²) in [4.78, 5) is 28.0. The molecule has 118 valence electrons. The van der Waals surface area contributed by atoms with Gasteiger partial charge in [0.15, 0.2) is 11.3 Å². The quantitative estimate of drug-likeness (QED) is 0.786. The summed E-state index contributed by atoms with van der Waals surface area (Å²) in [5.41, 5.74) is -0.498. The molecule has 0 spiro atoms. The lowest BCUT2D eigenvalue weighted by Crippen LogP contribution is -2.47. The van der Waals surface area contributed by atoms with Crippen LogP contribution in [0.1, 0.15) is 29.8 Å². The number of aryl methyl sites for hydroxylation is 1. The van der Waals surface area contributed by atoms with Crippen LogP contribution >= 0.6 is 11.6 Å². The highest BCUT2D eigenvalue weighted by atomic mass is 35.5. The predicted molar refractivity (Wildman–Crippen MR) is 75.7 cm³/mol. The molecule has 0 saturated heterocycles. The first-order chi connectivity index (χ1) is 10.5. The Morgan fingerprint density at radius 2 is 2.27 bits per heavy atom. The predicted octanol–water partition coefficient (Wildman–Crippen LogP) is 0.0508. The maximum absolute atomic E-state index is 14.0. The summed E-state index contributed by atoms with van der Waals surface area (Å²) in [7, 11) is 1.44. The van der Waals surface area contributed by atoms with Crippen molar-refractivity contribution < 1.29 is 9.18 Å². The Hall–Kier alpha value is -2.03. The van der Waals surface area contributed by atoms with Crippen LogP contribution in [-0.4, -0.2) is 47.9 Å². The number of alkyl halides is 2. The van der Waals surface area contributed by atoms with E-state index in [1.165, 1.54) is 13.4 Å². The van der Waals surface area contributed by atoms with Crippen molar-refractivity contribution in [3.05, 3.63) is 22.5 Å². The number of hydrogen-bond donors (Lipinski definition) is 1. The summed E-state index contributed by atoms with van der Waals surface area (Å²) in [6.45, 7) is 0. The minimum Gasteiger partial charge on any atom is -0.345 e. The van der Waals surface area contributed by atoms with Gasteiger partial charge in [0.2, 0.25) is 0 Å². The molecule has 1 N–H and O–H groups in total. The average molecular weight is 329 g/mol. The highest BCUT2D eigenvalue weighted by molar-refractivity contribution is 6.21. The zero-order chi connectivity index (χ0) is 15.9. The summed E-state index contributed by atoms with van der Waals surface area (Å²) in [5.74, 6) is -0.594. The topological polar surface area (TPSA) is 94.2 Å². The van der Waals surface area contributed by atoms with Crippen molar-refractivity contribution in [3.63, 3.8) is 0 Å². The van der Waals surface area contributed by atoms with Gasteiger partial charge in [0.05, 0.1) is 11.4 Å². The van der Waals surface area contributed by atoms with E-state index in [1.807, 2.05) is 0 Å². The molecule has 0 radical (unpaired) electrons. The van der Waals surface area contributed by atoms with E-state index in [2.05, 4.69) is 20.6 Å². The molecule has 0 bridgehead atoms. The van der Waals surface area contributed by atoms with Crippen LogP contribution < -0.4 is 11.0 Å². The van der Waals surface area contributed by atoms with Gasteiger partial charge in [0.1, 0.15) is 12.5 Å². The Bertz CT molecular complexity index is 775. The summed E-state index contributed by atoms with van der Waals surface area (Å²) >= 11 is 5.89. The largest absolute Gasteiger partial charge is 0.352 e. The molecule has 1 fully saturated rings. The van der Waals surface area contributed by atoms with Gasteiger partial charge in [-0.2, -0.15) is 4.68 Å². The molecule has 3 rings (SSSR count). The van der Waals surface area contributed by atoms with Crippen LogP contribution in [0, 0.1) is 0 Å². The molecule has 22 heavy (non-hydrogen) atoms. The molecule has 1 saturated carbocycles. The van der Waals surface area contributed by atoms with Crippen molar-refractivity contribution in [2.45, 2.75) is 36.9 Å². The minimum atomic E-state index is -1.31. The maximum Gasteiger partial charge on any atom is 0.352 e. The van der Waals surface area contributed by atoms with Gasteiger partial charge in [-0.25, -0.2) is 18.6 Å². The van der Waals surface area contributed by atoms with Crippen molar-refractivity contribution in [2.75, 3.05) is 0 Å². The molecule has 10 heteroatoms. The highest BCUT2D eigenvalue weighted by Crippen LogP contribution is 2.26.